The van der Waals surface area contributed by atoms with Crippen LogP contribution in [0.15, 0.2) is 30.3 Å². The van der Waals surface area contributed by atoms with Crippen molar-refractivity contribution < 1.29 is 14.0 Å². The van der Waals surface area contributed by atoms with E-state index >= 15 is 0 Å². The molecule has 10 heteroatoms. The number of carbonyl (C=O) groups excluding carboxylic acids is 2. The lowest BCUT2D eigenvalue weighted by Crippen LogP contribution is -2.49. The maximum atomic E-state index is 12.1. The number of para-hydroxylation sites is 1. The predicted octanol–water partition coefficient (Wildman–Crippen LogP) is 0.497. The number of nitrogens with one attached hydrogen (secondary N) is 3. The summed E-state index contributed by atoms with van der Waals surface area (Å²) < 4.78 is 13.6. The molecule has 0 bridgehead atoms. The smallest absolute Gasteiger partial charge is 0.316 e. The molecule has 0 saturated heterocycles. The quantitative estimate of drug-likeness (QED) is 0.673. The molecule has 2 unspecified atom stereocenters. The Morgan fingerprint density at radius 2 is 1.92 bits per heavy atom. The molecule has 0 saturated carbocycles. The van der Waals surface area contributed by atoms with Crippen molar-refractivity contribution in [1.82, 2.24) is 36.2 Å². The van der Waals surface area contributed by atoms with Gasteiger partial charge >= 0.3 is 6.03 Å². The van der Waals surface area contributed by atoms with Gasteiger partial charge in [0.2, 0.25) is 5.91 Å². The Labute approximate surface area is 144 Å². The highest BCUT2D eigenvalue weighted by atomic mass is 19.1. The molecule has 25 heavy (non-hydrogen) atoms. The van der Waals surface area contributed by atoms with E-state index in [-0.39, 0.29) is 6.54 Å². The van der Waals surface area contributed by atoms with Crippen LogP contribution in [0.5, 0.6) is 0 Å². The van der Waals surface area contributed by atoms with E-state index in [1.54, 1.807) is 6.92 Å². The van der Waals surface area contributed by atoms with Gasteiger partial charge in [0.05, 0.1) is 11.7 Å². The Hall–Kier alpha value is -3.04. The van der Waals surface area contributed by atoms with Crippen LogP contribution in [-0.4, -0.2) is 51.4 Å². The summed E-state index contributed by atoms with van der Waals surface area (Å²) in [5.74, 6) is -0.0227. The summed E-state index contributed by atoms with van der Waals surface area (Å²) in [5.41, 5.74) is 0.760. The molecule has 3 amide bonds. The summed E-state index contributed by atoms with van der Waals surface area (Å²) in [7, 11) is 0. The van der Waals surface area contributed by atoms with Crippen molar-refractivity contribution in [3.8, 4) is 5.69 Å². The highest BCUT2D eigenvalue weighted by molar-refractivity contribution is 5.86. The molecule has 0 radical (unpaired) electrons. The number of benzene rings is 1. The maximum absolute atomic E-state index is 12.1. The molecular formula is C15H20FN7O2. The number of hydrogen-bond acceptors (Lipinski definition) is 5. The fourth-order valence-electron chi connectivity index (χ4n) is 2.11. The standard InChI is InChI=1S/C15H20FN7O2/c1-10(18-15(25)19-11(2)14(24)17-9-8-16)13-20-21-22-23(13)12-6-4-3-5-7-12/h3-7,10-11H,8-9H2,1-2H3,(H,17,24)(H2,18,19,25). The Morgan fingerprint density at radius 1 is 1.20 bits per heavy atom. The zero-order valence-corrected chi connectivity index (χ0v) is 13.9. The normalized spacial score (nSPS) is 12.9. The molecule has 3 N–H and O–H groups in total. The van der Waals surface area contributed by atoms with Crippen molar-refractivity contribution >= 4 is 11.9 Å². The van der Waals surface area contributed by atoms with Crippen LogP contribution in [0.1, 0.15) is 25.7 Å². The second kappa shape index (κ2) is 8.71. The lowest BCUT2D eigenvalue weighted by Gasteiger charge is -2.17. The molecule has 1 aromatic carbocycles. The molecular weight excluding hydrogens is 329 g/mol. The number of nitrogens with zero attached hydrogens (tertiary/aromatic N) is 4. The van der Waals surface area contributed by atoms with E-state index in [0.29, 0.717) is 5.82 Å². The van der Waals surface area contributed by atoms with Crippen molar-refractivity contribution in [3.63, 3.8) is 0 Å². The van der Waals surface area contributed by atoms with Gasteiger partial charge in [0.15, 0.2) is 5.82 Å². The van der Waals surface area contributed by atoms with Gasteiger partial charge in [-0.2, -0.15) is 4.68 Å². The summed E-state index contributed by atoms with van der Waals surface area (Å²) in [4.78, 5) is 23.7. The van der Waals surface area contributed by atoms with Crippen LogP contribution in [0.2, 0.25) is 0 Å². The molecule has 2 rings (SSSR count). The minimum absolute atomic E-state index is 0.0886. The molecule has 2 aromatic rings. The largest absolute Gasteiger partial charge is 0.352 e. The number of rotatable bonds is 7. The Bertz CT molecular complexity index is 707. The molecule has 0 fully saturated rings. The van der Waals surface area contributed by atoms with Crippen LogP contribution in [-0.2, 0) is 4.79 Å². The van der Waals surface area contributed by atoms with Crippen molar-refractivity contribution in [2.75, 3.05) is 13.2 Å². The topological polar surface area (TPSA) is 114 Å². The number of alkyl halides is 1. The summed E-state index contributed by atoms with van der Waals surface area (Å²) in [6.07, 6.45) is 0. The van der Waals surface area contributed by atoms with Crippen LogP contribution < -0.4 is 16.0 Å². The molecule has 0 aliphatic carbocycles. The highest BCUT2D eigenvalue weighted by Crippen LogP contribution is 2.13. The molecule has 9 nitrogen and oxygen atoms in total. The van der Waals surface area contributed by atoms with Gasteiger partial charge in [0.25, 0.3) is 0 Å². The average molecular weight is 349 g/mol. The molecule has 2 atom stereocenters. The Morgan fingerprint density at radius 3 is 2.60 bits per heavy atom. The van der Waals surface area contributed by atoms with Crippen molar-refractivity contribution in [2.45, 2.75) is 25.9 Å². The minimum atomic E-state index is -0.802. The number of hydrogen-bond donors (Lipinski definition) is 3. The Kier molecular flexibility index (Phi) is 6.38. The third-order valence-corrected chi connectivity index (χ3v) is 3.36. The van der Waals surface area contributed by atoms with E-state index < -0.39 is 30.7 Å². The van der Waals surface area contributed by atoms with E-state index in [2.05, 4.69) is 31.5 Å². The first-order chi connectivity index (χ1) is 12.0. The van der Waals surface area contributed by atoms with Crippen LogP contribution in [0.4, 0.5) is 9.18 Å². The Balaban J connectivity index is 1.96. The molecule has 1 heterocycles. The first-order valence-corrected chi connectivity index (χ1v) is 7.77. The summed E-state index contributed by atoms with van der Waals surface area (Å²) in [6, 6.07) is 7.39. The predicted molar refractivity (Wildman–Crippen MR) is 87.7 cm³/mol. The summed E-state index contributed by atoms with van der Waals surface area (Å²) in [5, 5.41) is 19.0. The third-order valence-electron chi connectivity index (χ3n) is 3.36. The van der Waals surface area contributed by atoms with E-state index in [0.717, 1.165) is 5.69 Å². The average Bonchev–Trinajstić information content (AvgIpc) is 3.10. The minimum Gasteiger partial charge on any atom is -0.352 e. The molecule has 0 spiro atoms. The second-order valence-corrected chi connectivity index (χ2v) is 5.33. The molecule has 0 aliphatic rings. The van der Waals surface area contributed by atoms with Gasteiger partial charge in [-0.3, -0.25) is 4.79 Å². The van der Waals surface area contributed by atoms with Crippen molar-refractivity contribution in [3.05, 3.63) is 36.2 Å². The monoisotopic (exact) mass is 349 g/mol. The van der Waals surface area contributed by atoms with Gasteiger partial charge in [-0.05, 0) is 36.4 Å². The maximum Gasteiger partial charge on any atom is 0.316 e. The van der Waals surface area contributed by atoms with Gasteiger partial charge in [0, 0.05) is 6.54 Å². The lowest BCUT2D eigenvalue weighted by molar-refractivity contribution is -0.122. The first-order valence-electron chi connectivity index (χ1n) is 7.77. The number of tetrazole rings is 1. The van der Waals surface area contributed by atoms with Gasteiger partial charge in [0.1, 0.15) is 12.7 Å². The first kappa shape index (κ1) is 18.3. The van der Waals surface area contributed by atoms with Crippen molar-refractivity contribution in [1.29, 1.82) is 0 Å². The highest BCUT2D eigenvalue weighted by Gasteiger charge is 2.20. The van der Waals surface area contributed by atoms with Gasteiger partial charge in [-0.25, -0.2) is 9.18 Å². The van der Waals surface area contributed by atoms with Gasteiger partial charge < -0.3 is 16.0 Å². The van der Waals surface area contributed by atoms with E-state index in [1.807, 2.05) is 30.3 Å². The van der Waals surface area contributed by atoms with Crippen LogP contribution in [0.3, 0.4) is 0 Å². The molecule has 0 aliphatic heterocycles. The van der Waals surface area contributed by atoms with Crippen LogP contribution in [0, 0.1) is 0 Å². The molecule has 134 valence electrons. The summed E-state index contributed by atoms with van der Waals surface area (Å²) >= 11 is 0. The SMILES string of the molecule is CC(NC(=O)NC(C)c1nnnn1-c1ccccc1)C(=O)NCCF. The number of amides is 3. The lowest BCUT2D eigenvalue weighted by atomic mass is 10.3. The van der Waals surface area contributed by atoms with Gasteiger partial charge in [-0.15, -0.1) is 5.10 Å². The summed E-state index contributed by atoms with van der Waals surface area (Å²) in [6.45, 7) is 2.48. The number of halogens is 1. The zero-order valence-electron chi connectivity index (χ0n) is 13.9. The van der Waals surface area contributed by atoms with E-state index in [9.17, 15) is 14.0 Å². The number of aromatic nitrogens is 4. The van der Waals surface area contributed by atoms with E-state index in [1.165, 1.54) is 11.6 Å². The van der Waals surface area contributed by atoms with Gasteiger partial charge in [-0.1, -0.05) is 18.2 Å². The van der Waals surface area contributed by atoms with Crippen molar-refractivity contribution in [2.24, 2.45) is 0 Å². The number of urea groups is 1. The fraction of sp³-hybridized carbons (Fsp3) is 0.400. The third kappa shape index (κ3) is 4.96. The zero-order chi connectivity index (χ0) is 18.2. The number of carbonyl (C=O) groups is 2. The second-order valence-electron chi connectivity index (χ2n) is 5.33. The van der Waals surface area contributed by atoms with E-state index in [4.69, 9.17) is 0 Å². The van der Waals surface area contributed by atoms with Crippen LogP contribution in [0.25, 0.3) is 5.69 Å². The van der Waals surface area contributed by atoms with Crippen LogP contribution >= 0.6 is 0 Å². The fourth-order valence-corrected chi connectivity index (χ4v) is 2.11. The molecule has 1 aromatic heterocycles.